The minimum Gasteiger partial charge on any atom is -0.382 e. The Bertz CT molecular complexity index is 1050. The van der Waals surface area contributed by atoms with Crippen LogP contribution in [0.4, 0.5) is 5.82 Å². The van der Waals surface area contributed by atoms with Crippen LogP contribution in [0.5, 0.6) is 0 Å². The summed E-state index contributed by atoms with van der Waals surface area (Å²) in [7, 11) is 0. The van der Waals surface area contributed by atoms with Crippen LogP contribution in [0.2, 0.25) is 10.0 Å². The molecular formula is C19H15Cl2N5. The topological polar surface area (TPSA) is 69.6 Å². The lowest BCUT2D eigenvalue weighted by Gasteiger charge is -2.13. The number of anilines is 1. The Balaban J connectivity index is 1.85. The molecule has 2 N–H and O–H groups in total. The van der Waals surface area contributed by atoms with E-state index < -0.39 is 0 Å². The molecule has 5 nitrogen and oxygen atoms in total. The van der Waals surface area contributed by atoms with Crippen molar-refractivity contribution in [3.8, 4) is 22.9 Å². The molecule has 0 atom stereocenters. The van der Waals surface area contributed by atoms with Gasteiger partial charge in [-0.1, -0.05) is 53.5 Å². The van der Waals surface area contributed by atoms with E-state index in [2.05, 4.69) is 9.97 Å². The number of fused-ring (bicyclic) bond motifs is 1. The van der Waals surface area contributed by atoms with E-state index in [9.17, 15) is 0 Å². The molecule has 4 rings (SSSR count). The second-order valence-electron chi connectivity index (χ2n) is 5.99. The summed E-state index contributed by atoms with van der Waals surface area (Å²) in [4.78, 5) is 13.6. The molecule has 2 aliphatic rings. The molecule has 2 aliphatic heterocycles. The van der Waals surface area contributed by atoms with Crippen molar-refractivity contribution in [2.75, 3.05) is 5.73 Å². The quantitative estimate of drug-likeness (QED) is 0.556. The average molecular weight is 384 g/mol. The van der Waals surface area contributed by atoms with Crippen LogP contribution in [0.1, 0.15) is 11.1 Å². The molecule has 0 radical (unpaired) electrons. The van der Waals surface area contributed by atoms with Crippen LogP contribution in [0.3, 0.4) is 0 Å². The van der Waals surface area contributed by atoms with E-state index in [0.717, 1.165) is 16.7 Å². The van der Waals surface area contributed by atoms with Crippen LogP contribution < -0.4 is 5.73 Å². The summed E-state index contributed by atoms with van der Waals surface area (Å²) < 4.78 is 1.85. The van der Waals surface area contributed by atoms with Gasteiger partial charge in [-0.25, -0.2) is 15.0 Å². The van der Waals surface area contributed by atoms with Gasteiger partial charge >= 0.3 is 0 Å². The van der Waals surface area contributed by atoms with E-state index in [1.807, 2.05) is 41.8 Å². The first-order valence-corrected chi connectivity index (χ1v) is 8.77. The molecule has 2 aromatic carbocycles. The summed E-state index contributed by atoms with van der Waals surface area (Å²) in [5.74, 6) is 1.61. The molecule has 0 aromatic heterocycles. The first-order chi connectivity index (χ1) is 12.5. The summed E-state index contributed by atoms with van der Waals surface area (Å²) in [6.07, 6.45) is 1.63. The van der Waals surface area contributed by atoms with Crippen molar-refractivity contribution in [1.29, 1.82) is 0 Å². The fourth-order valence-corrected chi connectivity index (χ4v) is 3.38. The van der Waals surface area contributed by atoms with Crippen molar-refractivity contribution in [1.82, 2.24) is 19.5 Å². The third-order valence-corrected chi connectivity index (χ3v) is 4.98. The van der Waals surface area contributed by atoms with Gasteiger partial charge in [0.25, 0.3) is 0 Å². The van der Waals surface area contributed by atoms with Crippen LogP contribution in [0.25, 0.3) is 22.9 Å². The molecule has 26 heavy (non-hydrogen) atoms. The largest absolute Gasteiger partial charge is 0.382 e. The number of aromatic nitrogens is 4. The molecule has 2 heterocycles. The van der Waals surface area contributed by atoms with Crippen LogP contribution in [0, 0.1) is 6.92 Å². The lowest BCUT2D eigenvalue weighted by Crippen LogP contribution is -2.09. The Hall–Kier alpha value is -2.63. The number of benzene rings is 2. The predicted octanol–water partition coefficient (Wildman–Crippen LogP) is 4.69. The van der Waals surface area contributed by atoms with Gasteiger partial charge in [0.2, 0.25) is 0 Å². The minimum atomic E-state index is 0.342. The monoisotopic (exact) mass is 383 g/mol. The fourth-order valence-electron chi connectivity index (χ4n) is 2.87. The molecule has 130 valence electrons. The second-order valence-corrected chi connectivity index (χ2v) is 6.81. The zero-order valence-corrected chi connectivity index (χ0v) is 15.5. The van der Waals surface area contributed by atoms with Crippen molar-refractivity contribution in [2.24, 2.45) is 0 Å². The third-order valence-electron chi connectivity index (χ3n) is 4.27. The number of rotatable bonds is 3. The van der Waals surface area contributed by atoms with Gasteiger partial charge in [0.15, 0.2) is 23.2 Å². The number of halogens is 2. The highest BCUT2D eigenvalue weighted by atomic mass is 35.5. The van der Waals surface area contributed by atoms with Gasteiger partial charge in [0.05, 0.1) is 12.9 Å². The SMILES string of the molecule is Cc1ccccc1-c1nc2c(N)ncn(Cc3c(Cl)cccc3Cl)c-2n1. The Labute approximate surface area is 160 Å². The van der Waals surface area contributed by atoms with E-state index in [-0.39, 0.29) is 0 Å². The Morgan fingerprint density at radius 3 is 2.46 bits per heavy atom. The molecule has 2 aromatic rings. The minimum absolute atomic E-state index is 0.342. The molecule has 0 saturated carbocycles. The normalized spacial score (nSPS) is 11.2. The molecule has 0 bridgehead atoms. The number of aryl methyl sites for hydroxylation is 1. The van der Waals surface area contributed by atoms with Gasteiger partial charge in [-0.15, -0.1) is 0 Å². The summed E-state index contributed by atoms with van der Waals surface area (Å²) in [5.41, 5.74) is 9.45. The highest BCUT2D eigenvalue weighted by molar-refractivity contribution is 6.36. The molecular weight excluding hydrogens is 369 g/mol. The van der Waals surface area contributed by atoms with Gasteiger partial charge in [-0.05, 0) is 24.6 Å². The summed E-state index contributed by atoms with van der Waals surface area (Å²) >= 11 is 12.6. The summed E-state index contributed by atoms with van der Waals surface area (Å²) in [6, 6.07) is 13.4. The number of imidazole rings is 1. The first kappa shape index (κ1) is 16.8. The standard InChI is InChI=1S/C19H15Cl2N5/c1-11-5-2-3-6-12(11)18-24-16-17(22)23-10-26(19(16)25-18)9-13-14(20)7-4-8-15(13)21/h2-8,10H,9,22H2,1H3. The first-order valence-electron chi connectivity index (χ1n) is 8.02. The number of hydrogen-bond donors (Lipinski definition) is 1. The van der Waals surface area contributed by atoms with Gasteiger partial charge in [0.1, 0.15) is 0 Å². The van der Waals surface area contributed by atoms with E-state index in [1.165, 1.54) is 0 Å². The maximum absolute atomic E-state index is 6.30. The van der Waals surface area contributed by atoms with Crippen LogP contribution in [-0.4, -0.2) is 19.5 Å². The Kier molecular flexibility index (Phi) is 4.26. The second kappa shape index (κ2) is 6.59. The maximum Gasteiger partial charge on any atom is 0.166 e. The maximum atomic E-state index is 6.30. The molecule has 0 spiro atoms. The van der Waals surface area contributed by atoms with E-state index in [1.54, 1.807) is 18.5 Å². The van der Waals surface area contributed by atoms with Crippen LogP contribution >= 0.6 is 23.2 Å². The van der Waals surface area contributed by atoms with E-state index in [4.69, 9.17) is 33.9 Å². The summed E-state index contributed by atoms with van der Waals surface area (Å²) in [5, 5.41) is 1.18. The zero-order valence-electron chi connectivity index (χ0n) is 13.9. The highest BCUT2D eigenvalue weighted by Gasteiger charge is 2.21. The van der Waals surface area contributed by atoms with Crippen molar-refractivity contribution >= 4 is 29.0 Å². The van der Waals surface area contributed by atoms with Crippen LogP contribution in [-0.2, 0) is 6.54 Å². The molecule has 0 unspecified atom stereocenters. The summed E-state index contributed by atoms with van der Waals surface area (Å²) in [6.45, 7) is 2.45. The highest BCUT2D eigenvalue weighted by Crippen LogP contribution is 2.31. The van der Waals surface area contributed by atoms with Gasteiger partial charge in [0, 0.05) is 21.2 Å². The molecule has 7 heteroatoms. The molecule has 0 fully saturated rings. The number of nitrogens with zero attached hydrogens (tertiary/aromatic N) is 4. The average Bonchev–Trinajstić information content (AvgIpc) is 3.07. The van der Waals surface area contributed by atoms with Crippen LogP contribution in [0.15, 0.2) is 48.8 Å². The number of hydrogen-bond acceptors (Lipinski definition) is 4. The van der Waals surface area contributed by atoms with Gasteiger partial charge in [-0.3, -0.25) is 0 Å². The van der Waals surface area contributed by atoms with Crippen molar-refractivity contribution in [2.45, 2.75) is 13.5 Å². The molecule has 0 amide bonds. The van der Waals surface area contributed by atoms with Crippen molar-refractivity contribution in [3.05, 3.63) is 70.0 Å². The van der Waals surface area contributed by atoms with E-state index >= 15 is 0 Å². The zero-order chi connectivity index (χ0) is 18.3. The Morgan fingerprint density at radius 2 is 1.73 bits per heavy atom. The van der Waals surface area contributed by atoms with E-state index in [0.29, 0.717) is 39.8 Å². The molecule has 0 aliphatic carbocycles. The van der Waals surface area contributed by atoms with Gasteiger partial charge < -0.3 is 10.3 Å². The third kappa shape index (κ3) is 2.89. The van der Waals surface area contributed by atoms with Crippen molar-refractivity contribution in [3.63, 3.8) is 0 Å². The predicted molar refractivity (Wildman–Crippen MR) is 105 cm³/mol. The van der Waals surface area contributed by atoms with Gasteiger partial charge in [-0.2, -0.15) is 0 Å². The smallest absolute Gasteiger partial charge is 0.166 e. The lowest BCUT2D eigenvalue weighted by atomic mass is 10.1. The van der Waals surface area contributed by atoms with Crippen molar-refractivity contribution < 1.29 is 0 Å². The Morgan fingerprint density at radius 1 is 1.00 bits per heavy atom. The molecule has 0 saturated heterocycles. The fraction of sp³-hybridized carbons (Fsp3) is 0.105. The number of nitrogens with two attached hydrogens (primary N) is 1. The number of nitrogen functional groups attached to an aromatic ring is 1. The lowest BCUT2D eigenvalue weighted by molar-refractivity contribution is 0.763.